The van der Waals surface area contributed by atoms with Crippen LogP contribution in [0.15, 0.2) is 68.2 Å². The van der Waals surface area contributed by atoms with Gasteiger partial charge in [-0.2, -0.15) is 0 Å². The molecule has 4 rings (SSSR count). The molecule has 2 aromatic carbocycles. The molecule has 0 saturated heterocycles. The van der Waals surface area contributed by atoms with Gasteiger partial charge in [0.2, 0.25) is 0 Å². The Morgan fingerprint density at radius 1 is 1.12 bits per heavy atom. The van der Waals surface area contributed by atoms with Gasteiger partial charge in [-0.15, -0.1) is 11.3 Å². The number of fused-ring (bicyclic) bond motifs is 1. The molecule has 0 aliphatic heterocycles. The van der Waals surface area contributed by atoms with Gasteiger partial charge in [0.25, 0.3) is 5.56 Å². The fraction of sp³-hybridized carbons (Fsp3) is 0.0476. The van der Waals surface area contributed by atoms with Gasteiger partial charge >= 0.3 is 6.03 Å². The molecule has 0 saturated carbocycles. The van der Waals surface area contributed by atoms with E-state index in [2.05, 4.69) is 31.3 Å². The molecule has 33 heavy (non-hydrogen) atoms. The van der Waals surface area contributed by atoms with Crippen LogP contribution in [0.4, 0.5) is 16.2 Å². The van der Waals surface area contributed by atoms with E-state index >= 15 is 0 Å². The number of halogens is 3. The van der Waals surface area contributed by atoms with Crippen molar-refractivity contribution in [2.75, 3.05) is 17.7 Å². The minimum absolute atomic E-state index is 0.235. The predicted molar refractivity (Wildman–Crippen MR) is 140 cm³/mol. The highest BCUT2D eigenvalue weighted by atomic mass is 79.9. The Morgan fingerprint density at radius 2 is 1.91 bits per heavy atom. The minimum atomic E-state index is -1.74. The average Bonchev–Trinajstić information content (AvgIpc) is 3.21. The van der Waals surface area contributed by atoms with E-state index in [-0.39, 0.29) is 10.6 Å². The lowest BCUT2D eigenvalue weighted by atomic mass is 10.1. The van der Waals surface area contributed by atoms with Crippen molar-refractivity contribution in [3.05, 3.63) is 78.9 Å². The molecule has 0 bridgehead atoms. The Hall–Kier alpha value is -2.37. The smallest absolute Gasteiger partial charge is 0.331 e. The summed E-state index contributed by atoms with van der Waals surface area (Å²) >= 11 is 16.8. The van der Waals surface area contributed by atoms with Gasteiger partial charge in [-0.1, -0.05) is 23.2 Å². The number of carbonyl (C=O) groups is 1. The summed E-state index contributed by atoms with van der Waals surface area (Å²) < 4.78 is 17.6. The molecule has 4 aromatic rings. The van der Waals surface area contributed by atoms with Crippen molar-refractivity contribution in [1.29, 1.82) is 0 Å². The fourth-order valence-corrected chi connectivity index (χ4v) is 6.05. The van der Waals surface area contributed by atoms with Crippen LogP contribution in [0, 0.1) is 0 Å². The topological polar surface area (TPSA) is 92.2 Å². The number of rotatable bonds is 5. The van der Waals surface area contributed by atoms with E-state index < -0.39 is 17.0 Å². The van der Waals surface area contributed by atoms with Crippen LogP contribution in [0.3, 0.4) is 0 Å². The van der Waals surface area contributed by atoms with E-state index in [9.17, 15) is 13.8 Å². The van der Waals surface area contributed by atoms with Gasteiger partial charge in [0.15, 0.2) is 11.0 Å². The maximum atomic E-state index is 13.1. The van der Waals surface area contributed by atoms with Crippen LogP contribution in [0.25, 0.3) is 16.5 Å². The summed E-state index contributed by atoms with van der Waals surface area (Å²) in [6, 6.07) is 12.7. The standard InChI is InChI=1S/C21H15BrCl2N4O3S2/c1-25-16-8-11-6-7-28(20(29)13(11)10-14(16)22)17-3-2-12(9-15(17)23)26-21(30)27-33(31)19-5-4-18(24)32-19/h2-10,25H,1H3,(H2,26,27,30). The lowest BCUT2D eigenvalue weighted by Gasteiger charge is -2.13. The predicted octanol–water partition coefficient (Wildman–Crippen LogP) is 6.01. The second-order valence-electron chi connectivity index (χ2n) is 6.71. The van der Waals surface area contributed by atoms with Crippen LogP contribution < -0.4 is 20.9 Å². The number of nitrogens with one attached hydrogen (secondary N) is 3. The van der Waals surface area contributed by atoms with Crippen LogP contribution >= 0.6 is 50.5 Å². The number of hydrogen-bond acceptors (Lipinski definition) is 5. The molecule has 7 nitrogen and oxygen atoms in total. The van der Waals surface area contributed by atoms with Crippen LogP contribution in [-0.4, -0.2) is 21.9 Å². The number of amides is 2. The van der Waals surface area contributed by atoms with Crippen molar-refractivity contribution in [2.45, 2.75) is 4.21 Å². The zero-order valence-electron chi connectivity index (χ0n) is 16.8. The van der Waals surface area contributed by atoms with Crippen molar-refractivity contribution >= 4 is 89.6 Å². The van der Waals surface area contributed by atoms with Crippen molar-refractivity contribution in [3.8, 4) is 5.69 Å². The third-order valence-corrected chi connectivity index (χ3v) is 8.20. The minimum Gasteiger partial charge on any atom is -0.387 e. The first-order chi connectivity index (χ1) is 15.8. The van der Waals surface area contributed by atoms with E-state index in [1.165, 1.54) is 10.6 Å². The molecule has 3 N–H and O–H groups in total. The fourth-order valence-electron chi connectivity index (χ4n) is 3.12. The maximum Gasteiger partial charge on any atom is 0.331 e. The van der Waals surface area contributed by atoms with Gasteiger partial charge in [-0.05, 0) is 69.8 Å². The molecule has 1 atom stereocenters. The normalized spacial score (nSPS) is 11.9. The number of thiophene rings is 1. The van der Waals surface area contributed by atoms with Crippen LogP contribution in [0.5, 0.6) is 0 Å². The molecular weight excluding hydrogens is 571 g/mol. The molecule has 0 aliphatic carbocycles. The van der Waals surface area contributed by atoms with Crippen LogP contribution in [0.1, 0.15) is 0 Å². The Labute approximate surface area is 213 Å². The van der Waals surface area contributed by atoms with Crippen LogP contribution in [0.2, 0.25) is 9.36 Å². The van der Waals surface area contributed by atoms with Gasteiger partial charge < -0.3 is 10.6 Å². The average molecular weight is 586 g/mol. The first kappa shape index (κ1) is 23.8. The SMILES string of the molecule is CNc1cc2ccn(-c3ccc(NC(=O)NS(=O)c4ccc(Cl)s4)cc3Cl)c(=O)c2cc1Br. The first-order valence-electron chi connectivity index (χ1n) is 9.34. The molecule has 170 valence electrons. The number of urea groups is 1. The first-order valence-corrected chi connectivity index (χ1v) is 12.9. The quantitative estimate of drug-likeness (QED) is 0.267. The van der Waals surface area contributed by atoms with Gasteiger partial charge in [-0.3, -0.25) is 14.1 Å². The van der Waals surface area contributed by atoms with Gasteiger partial charge in [-0.25, -0.2) is 9.00 Å². The third kappa shape index (κ3) is 5.10. The van der Waals surface area contributed by atoms with Gasteiger partial charge in [0.05, 0.1) is 15.0 Å². The second kappa shape index (κ2) is 9.86. The van der Waals surface area contributed by atoms with E-state index in [1.807, 2.05) is 12.1 Å². The van der Waals surface area contributed by atoms with E-state index in [4.69, 9.17) is 23.2 Å². The number of aromatic nitrogens is 1. The highest BCUT2D eigenvalue weighted by Gasteiger charge is 2.14. The number of hydrogen-bond donors (Lipinski definition) is 3. The van der Waals surface area contributed by atoms with Crippen molar-refractivity contribution in [1.82, 2.24) is 9.29 Å². The largest absolute Gasteiger partial charge is 0.387 e. The zero-order chi connectivity index (χ0) is 23.7. The summed E-state index contributed by atoms with van der Waals surface area (Å²) in [4.78, 5) is 25.3. The molecule has 0 spiro atoms. The molecule has 0 radical (unpaired) electrons. The molecule has 2 amide bonds. The lowest BCUT2D eigenvalue weighted by molar-refractivity contribution is 0.257. The highest BCUT2D eigenvalue weighted by Crippen LogP contribution is 2.29. The van der Waals surface area contributed by atoms with Crippen molar-refractivity contribution in [3.63, 3.8) is 0 Å². The highest BCUT2D eigenvalue weighted by molar-refractivity contribution is 9.10. The second-order valence-corrected chi connectivity index (χ2v) is 11.1. The molecule has 12 heteroatoms. The Bertz CT molecular complexity index is 1470. The van der Waals surface area contributed by atoms with Crippen LogP contribution in [-0.2, 0) is 11.0 Å². The van der Waals surface area contributed by atoms with E-state index in [0.717, 1.165) is 26.9 Å². The molecular formula is C21H15BrCl2N4O3S2. The van der Waals surface area contributed by atoms with Gasteiger partial charge in [0, 0.05) is 34.5 Å². The summed E-state index contributed by atoms with van der Waals surface area (Å²) in [6.07, 6.45) is 1.65. The van der Waals surface area contributed by atoms with Crippen molar-refractivity contribution in [2.24, 2.45) is 0 Å². The lowest BCUT2D eigenvalue weighted by Crippen LogP contribution is -2.30. The summed E-state index contributed by atoms with van der Waals surface area (Å²) in [5.74, 6) is 0. The monoisotopic (exact) mass is 584 g/mol. The zero-order valence-corrected chi connectivity index (χ0v) is 21.5. The summed E-state index contributed by atoms with van der Waals surface area (Å²) in [7, 11) is 0.0622. The molecule has 1 unspecified atom stereocenters. The molecule has 0 aliphatic rings. The Morgan fingerprint density at radius 3 is 2.58 bits per heavy atom. The number of anilines is 2. The summed E-state index contributed by atoms with van der Waals surface area (Å²) in [5.41, 5.74) is 1.47. The molecule has 2 aromatic heterocycles. The van der Waals surface area contributed by atoms with E-state index in [1.54, 1.807) is 43.6 Å². The number of nitrogens with zero attached hydrogens (tertiary/aromatic N) is 1. The summed E-state index contributed by atoms with van der Waals surface area (Å²) in [5, 5.41) is 7.21. The van der Waals surface area contributed by atoms with E-state index in [0.29, 0.717) is 25.3 Å². The molecule has 0 fully saturated rings. The third-order valence-electron chi connectivity index (χ3n) is 4.64. The van der Waals surface area contributed by atoms with Crippen molar-refractivity contribution < 1.29 is 9.00 Å². The molecule has 2 heterocycles. The maximum absolute atomic E-state index is 13.1. The number of pyridine rings is 1. The number of carbonyl (C=O) groups excluding carboxylic acids is 1. The Balaban J connectivity index is 1.57. The summed E-state index contributed by atoms with van der Waals surface area (Å²) in [6.45, 7) is 0. The Kier molecular flexibility index (Phi) is 7.10. The number of benzene rings is 2. The van der Waals surface area contributed by atoms with Gasteiger partial charge in [0.1, 0.15) is 4.21 Å².